The summed E-state index contributed by atoms with van der Waals surface area (Å²) in [6, 6.07) is 12.4. The summed E-state index contributed by atoms with van der Waals surface area (Å²) in [7, 11) is 3.41. The molecule has 26 heavy (non-hydrogen) atoms. The first-order chi connectivity index (χ1) is 12.4. The first-order valence-corrected chi connectivity index (χ1v) is 7.94. The predicted molar refractivity (Wildman–Crippen MR) is 93.8 cm³/mol. The summed E-state index contributed by atoms with van der Waals surface area (Å²) < 4.78 is 43.1. The van der Waals surface area contributed by atoms with Crippen molar-refractivity contribution in [1.29, 1.82) is 0 Å². The number of nitrogens with zero attached hydrogens (tertiary/aromatic N) is 2. The number of hydrogen-bond donors (Lipinski definition) is 1. The molecule has 0 fully saturated rings. The van der Waals surface area contributed by atoms with Gasteiger partial charge in [0.25, 0.3) is 0 Å². The number of aliphatic imine (C=N–C) groups is 1. The maximum Gasteiger partial charge on any atom is 0.416 e. The molecule has 0 bridgehead atoms. The average molecular weight is 361 g/mol. The topological polar surface area (TPSA) is 36.9 Å². The van der Waals surface area contributed by atoms with E-state index in [1.807, 2.05) is 30.3 Å². The second-order valence-electron chi connectivity index (χ2n) is 5.84. The lowest BCUT2D eigenvalue weighted by molar-refractivity contribution is -0.137. The van der Waals surface area contributed by atoms with Gasteiger partial charge in [0.2, 0.25) is 0 Å². The summed E-state index contributed by atoms with van der Waals surface area (Å²) in [5.74, 6) is 1.45. The van der Waals surface area contributed by atoms with E-state index in [-0.39, 0.29) is 6.04 Å². The van der Waals surface area contributed by atoms with Crippen LogP contribution >= 0.6 is 0 Å². The minimum Gasteiger partial charge on any atom is -0.497 e. The van der Waals surface area contributed by atoms with Crippen molar-refractivity contribution in [2.75, 3.05) is 14.2 Å². The molecule has 1 aliphatic rings. The monoisotopic (exact) mass is 361 g/mol. The Bertz CT molecular complexity index is 811. The Kier molecular flexibility index (Phi) is 4.99. The molecule has 4 nitrogen and oxygen atoms in total. The third-order valence-corrected chi connectivity index (χ3v) is 4.05. The Hall–Kier alpha value is -2.80. The fraction of sp³-hybridized carbons (Fsp3) is 0.211. The molecular formula is C19H18F3N3O. The van der Waals surface area contributed by atoms with Gasteiger partial charge in [-0.05, 0) is 53.6 Å². The zero-order chi connectivity index (χ0) is 18.7. The lowest BCUT2D eigenvalue weighted by atomic mass is 10.1. The third-order valence-electron chi connectivity index (χ3n) is 4.05. The van der Waals surface area contributed by atoms with Gasteiger partial charge in [0.1, 0.15) is 11.6 Å². The maximum atomic E-state index is 12.7. The Labute approximate surface area is 149 Å². The molecule has 0 amide bonds. The Morgan fingerprint density at radius 3 is 2.31 bits per heavy atom. The van der Waals surface area contributed by atoms with E-state index in [1.54, 1.807) is 25.4 Å². The van der Waals surface area contributed by atoms with E-state index < -0.39 is 11.7 Å². The number of nitrogens with one attached hydrogen (secondary N) is 1. The summed E-state index contributed by atoms with van der Waals surface area (Å²) in [5, 5.41) is 1.74. The van der Waals surface area contributed by atoms with Crippen molar-refractivity contribution in [1.82, 2.24) is 10.4 Å². The second-order valence-corrected chi connectivity index (χ2v) is 5.84. The van der Waals surface area contributed by atoms with Crippen molar-refractivity contribution in [2.24, 2.45) is 4.99 Å². The standard InChI is InChI=1S/C19H18F3N3O/c1-25-18(23-12-13-3-9-16(26-2)10-4-13)11-17(24-25)14-5-7-15(8-6-14)19(20,21)22/h3-12,17,24H,1-2H3. The van der Waals surface area contributed by atoms with Crippen LogP contribution in [-0.4, -0.2) is 25.4 Å². The number of hydrogen-bond acceptors (Lipinski definition) is 4. The number of halogens is 3. The molecule has 7 heteroatoms. The van der Waals surface area contributed by atoms with Gasteiger partial charge in [-0.1, -0.05) is 12.1 Å². The maximum absolute atomic E-state index is 12.7. The van der Waals surface area contributed by atoms with Crippen LogP contribution in [0, 0.1) is 0 Å². The summed E-state index contributed by atoms with van der Waals surface area (Å²) in [6.07, 6.45) is -0.747. The van der Waals surface area contributed by atoms with Gasteiger partial charge in [0, 0.05) is 13.3 Å². The van der Waals surface area contributed by atoms with Crippen LogP contribution in [0.3, 0.4) is 0 Å². The number of hydrazine groups is 1. The van der Waals surface area contributed by atoms with Crippen molar-refractivity contribution in [3.05, 3.63) is 77.1 Å². The van der Waals surface area contributed by atoms with E-state index >= 15 is 0 Å². The number of alkyl halides is 3. The van der Waals surface area contributed by atoms with Gasteiger partial charge in [-0.3, -0.25) is 5.01 Å². The Morgan fingerprint density at radius 2 is 1.73 bits per heavy atom. The molecule has 2 aromatic rings. The van der Waals surface area contributed by atoms with Crippen molar-refractivity contribution >= 4 is 6.21 Å². The van der Waals surface area contributed by atoms with Crippen LogP contribution in [0.15, 0.2) is 65.4 Å². The first kappa shape index (κ1) is 18.0. The molecule has 1 atom stereocenters. The lowest BCUT2D eigenvalue weighted by Crippen LogP contribution is -2.29. The van der Waals surface area contributed by atoms with E-state index in [1.165, 1.54) is 12.1 Å². The van der Waals surface area contributed by atoms with E-state index in [4.69, 9.17) is 4.74 Å². The van der Waals surface area contributed by atoms with E-state index in [0.717, 1.165) is 29.0 Å². The molecule has 0 radical (unpaired) electrons. The molecule has 1 unspecified atom stereocenters. The quantitative estimate of drug-likeness (QED) is 0.831. The van der Waals surface area contributed by atoms with Gasteiger partial charge >= 0.3 is 6.18 Å². The normalized spacial score (nSPS) is 17.7. The van der Waals surface area contributed by atoms with Crippen molar-refractivity contribution in [2.45, 2.75) is 12.2 Å². The van der Waals surface area contributed by atoms with Gasteiger partial charge in [-0.25, -0.2) is 10.4 Å². The highest BCUT2D eigenvalue weighted by Gasteiger charge is 2.30. The van der Waals surface area contributed by atoms with Crippen LogP contribution in [0.4, 0.5) is 13.2 Å². The van der Waals surface area contributed by atoms with Gasteiger partial charge in [-0.2, -0.15) is 13.2 Å². The van der Waals surface area contributed by atoms with Crippen LogP contribution in [0.2, 0.25) is 0 Å². The molecule has 0 saturated carbocycles. The molecular weight excluding hydrogens is 343 g/mol. The fourth-order valence-corrected chi connectivity index (χ4v) is 2.58. The fourth-order valence-electron chi connectivity index (χ4n) is 2.58. The van der Waals surface area contributed by atoms with Crippen LogP contribution in [0.25, 0.3) is 0 Å². The van der Waals surface area contributed by atoms with Gasteiger partial charge in [-0.15, -0.1) is 0 Å². The van der Waals surface area contributed by atoms with Gasteiger partial charge in [0.15, 0.2) is 0 Å². The Morgan fingerprint density at radius 1 is 1.08 bits per heavy atom. The van der Waals surface area contributed by atoms with Gasteiger partial charge < -0.3 is 4.74 Å². The number of benzene rings is 2. The smallest absolute Gasteiger partial charge is 0.416 e. The molecule has 1 heterocycles. The minimum absolute atomic E-state index is 0.231. The summed E-state index contributed by atoms with van der Waals surface area (Å²) in [6.45, 7) is 0. The highest BCUT2D eigenvalue weighted by atomic mass is 19.4. The summed E-state index contributed by atoms with van der Waals surface area (Å²) in [4.78, 5) is 4.44. The molecule has 0 saturated heterocycles. The predicted octanol–water partition coefficient (Wildman–Crippen LogP) is 4.17. The summed E-state index contributed by atoms with van der Waals surface area (Å²) >= 11 is 0. The van der Waals surface area contributed by atoms with Gasteiger partial charge in [0.05, 0.1) is 18.7 Å². The largest absolute Gasteiger partial charge is 0.497 e. The zero-order valence-corrected chi connectivity index (χ0v) is 14.3. The molecule has 0 aliphatic carbocycles. The summed E-state index contributed by atoms with van der Waals surface area (Å²) in [5.41, 5.74) is 4.15. The lowest BCUT2D eigenvalue weighted by Gasteiger charge is -2.17. The third kappa shape index (κ3) is 4.05. The SMILES string of the molecule is COc1ccc(C=NC2=CC(c3ccc(C(F)(F)F)cc3)NN2C)cc1. The van der Waals surface area contributed by atoms with Crippen molar-refractivity contribution in [3.8, 4) is 5.75 Å². The number of rotatable bonds is 4. The zero-order valence-electron chi connectivity index (χ0n) is 14.3. The molecule has 3 rings (SSSR count). The van der Waals surface area contributed by atoms with Crippen LogP contribution in [0.5, 0.6) is 5.75 Å². The highest BCUT2D eigenvalue weighted by molar-refractivity contribution is 5.80. The molecule has 2 aromatic carbocycles. The number of ether oxygens (including phenoxy) is 1. The van der Waals surface area contributed by atoms with Crippen LogP contribution in [0.1, 0.15) is 22.7 Å². The highest BCUT2D eigenvalue weighted by Crippen LogP contribution is 2.31. The van der Waals surface area contributed by atoms with Crippen LogP contribution < -0.4 is 10.2 Å². The van der Waals surface area contributed by atoms with Crippen LogP contribution in [-0.2, 0) is 6.18 Å². The van der Waals surface area contributed by atoms with Crippen molar-refractivity contribution < 1.29 is 17.9 Å². The molecule has 0 spiro atoms. The van der Waals surface area contributed by atoms with E-state index in [2.05, 4.69) is 10.4 Å². The first-order valence-electron chi connectivity index (χ1n) is 7.94. The molecule has 1 aliphatic heterocycles. The molecule has 1 N–H and O–H groups in total. The van der Waals surface area contributed by atoms with E-state index in [9.17, 15) is 13.2 Å². The molecule has 136 valence electrons. The number of methoxy groups -OCH3 is 1. The average Bonchev–Trinajstić information content (AvgIpc) is 3.00. The second kappa shape index (κ2) is 7.21. The minimum atomic E-state index is -4.33. The van der Waals surface area contributed by atoms with Crippen molar-refractivity contribution in [3.63, 3.8) is 0 Å². The molecule has 0 aromatic heterocycles. The van der Waals surface area contributed by atoms with E-state index in [0.29, 0.717) is 5.82 Å². The Balaban J connectivity index is 1.73.